The fourth-order valence-electron chi connectivity index (χ4n) is 1.72. The molecule has 0 aliphatic rings. The molecule has 0 aliphatic carbocycles. The Balaban J connectivity index is 3.14. The van der Waals surface area contributed by atoms with Crippen LogP contribution < -0.4 is 4.68 Å². The van der Waals surface area contributed by atoms with Gasteiger partial charge >= 0.3 is 0 Å². The molecule has 0 aromatic carbocycles. The van der Waals surface area contributed by atoms with Crippen LogP contribution in [0, 0.1) is 0 Å². The lowest BCUT2D eigenvalue weighted by molar-refractivity contribution is -0.823. The van der Waals surface area contributed by atoms with Crippen LogP contribution in [0.4, 0.5) is 0 Å². The van der Waals surface area contributed by atoms with E-state index in [1.54, 1.807) is 0 Å². The lowest BCUT2D eigenvalue weighted by atomic mass is 10.1. The molecule has 74 valence electrons. The van der Waals surface area contributed by atoms with Gasteiger partial charge in [-0.15, -0.1) is 4.68 Å². The Morgan fingerprint density at radius 3 is 2.08 bits per heavy atom. The predicted molar refractivity (Wildman–Crippen MR) is 54.7 cm³/mol. The zero-order valence-corrected chi connectivity index (χ0v) is 9.63. The minimum atomic E-state index is 0.169. The first-order chi connectivity index (χ1) is 5.84. The third-order valence-electron chi connectivity index (χ3n) is 2.36. The lowest BCUT2D eigenvalue weighted by Gasteiger charge is -2.14. The maximum atomic E-state index is 2.27. The second-order valence-electron chi connectivity index (χ2n) is 4.93. The quantitative estimate of drug-likeness (QED) is 0.587. The van der Waals surface area contributed by atoms with Crippen molar-refractivity contribution in [2.45, 2.75) is 46.1 Å². The minimum Gasteiger partial charge on any atom is -0.160 e. The number of aromatic nitrogens is 2. The largest absolute Gasteiger partial charge is 0.196 e. The van der Waals surface area contributed by atoms with Gasteiger partial charge in [-0.2, -0.15) is 4.68 Å². The smallest absolute Gasteiger partial charge is 0.160 e. The molecule has 1 aromatic heterocycles. The number of rotatable bonds is 1. The van der Waals surface area contributed by atoms with E-state index in [1.807, 2.05) is 0 Å². The van der Waals surface area contributed by atoms with Crippen LogP contribution in [0.5, 0.6) is 0 Å². The Kier molecular flexibility index (Phi) is 2.51. The standard InChI is InChI=1S/C11H21N2/c1-9(2)10-7-8-13(12(10)6)11(3,4)5/h7-9H,1-6H3/q+1. The van der Waals surface area contributed by atoms with Crippen LogP contribution >= 0.6 is 0 Å². The SMILES string of the molecule is CC(C)c1cc[n+](C(C)(C)C)n1C. The van der Waals surface area contributed by atoms with Crippen molar-refractivity contribution in [3.05, 3.63) is 18.0 Å². The van der Waals surface area contributed by atoms with E-state index in [9.17, 15) is 0 Å². The van der Waals surface area contributed by atoms with E-state index in [2.05, 4.69) is 63.3 Å². The molecular formula is C11H21N2+. The van der Waals surface area contributed by atoms with Crippen molar-refractivity contribution in [1.29, 1.82) is 0 Å². The summed E-state index contributed by atoms with van der Waals surface area (Å²) in [4.78, 5) is 0. The summed E-state index contributed by atoms with van der Waals surface area (Å²) >= 11 is 0. The molecule has 0 radical (unpaired) electrons. The van der Waals surface area contributed by atoms with Crippen LogP contribution in [0.2, 0.25) is 0 Å². The van der Waals surface area contributed by atoms with E-state index in [-0.39, 0.29) is 5.54 Å². The molecule has 0 N–H and O–H groups in total. The fourth-order valence-corrected chi connectivity index (χ4v) is 1.72. The summed E-state index contributed by atoms with van der Waals surface area (Å²) in [6.07, 6.45) is 2.16. The molecule has 0 saturated heterocycles. The lowest BCUT2D eigenvalue weighted by Crippen LogP contribution is -2.55. The second kappa shape index (κ2) is 3.17. The molecule has 1 aromatic rings. The maximum absolute atomic E-state index is 2.27. The normalized spacial score (nSPS) is 12.5. The van der Waals surface area contributed by atoms with Crippen molar-refractivity contribution in [3.63, 3.8) is 0 Å². The Labute approximate surface area is 81.2 Å². The first-order valence-electron chi connectivity index (χ1n) is 4.92. The highest BCUT2D eigenvalue weighted by Crippen LogP contribution is 2.13. The van der Waals surface area contributed by atoms with E-state index in [4.69, 9.17) is 0 Å². The van der Waals surface area contributed by atoms with Gasteiger partial charge in [0.25, 0.3) is 0 Å². The molecule has 0 unspecified atom stereocenters. The first kappa shape index (κ1) is 10.3. The Hall–Kier alpha value is -0.790. The van der Waals surface area contributed by atoms with Crippen LogP contribution in [0.1, 0.15) is 46.2 Å². The average Bonchev–Trinajstić information content (AvgIpc) is 2.28. The van der Waals surface area contributed by atoms with Gasteiger partial charge in [-0.3, -0.25) is 0 Å². The Bertz CT molecular complexity index is 290. The van der Waals surface area contributed by atoms with Gasteiger partial charge < -0.3 is 0 Å². The van der Waals surface area contributed by atoms with E-state index >= 15 is 0 Å². The van der Waals surface area contributed by atoms with Gasteiger partial charge in [0.1, 0.15) is 0 Å². The molecule has 0 bridgehead atoms. The molecule has 0 amide bonds. The molecule has 1 heterocycles. The summed E-state index contributed by atoms with van der Waals surface area (Å²) in [7, 11) is 2.13. The van der Waals surface area contributed by atoms with Gasteiger partial charge in [0.15, 0.2) is 11.7 Å². The van der Waals surface area contributed by atoms with Crippen LogP contribution in [-0.4, -0.2) is 4.68 Å². The molecule has 2 nitrogen and oxygen atoms in total. The maximum Gasteiger partial charge on any atom is 0.196 e. The highest BCUT2D eigenvalue weighted by molar-refractivity contribution is 5.02. The summed E-state index contributed by atoms with van der Waals surface area (Å²) < 4.78 is 4.51. The van der Waals surface area contributed by atoms with E-state index < -0.39 is 0 Å². The Morgan fingerprint density at radius 1 is 1.31 bits per heavy atom. The van der Waals surface area contributed by atoms with Gasteiger partial charge in [-0.1, -0.05) is 13.8 Å². The molecule has 13 heavy (non-hydrogen) atoms. The molecule has 1 rings (SSSR count). The van der Waals surface area contributed by atoms with Crippen molar-refractivity contribution in [1.82, 2.24) is 4.68 Å². The van der Waals surface area contributed by atoms with E-state index in [1.165, 1.54) is 5.69 Å². The van der Waals surface area contributed by atoms with Gasteiger partial charge in [0.05, 0.1) is 12.7 Å². The average molecular weight is 181 g/mol. The van der Waals surface area contributed by atoms with Crippen molar-refractivity contribution in [2.24, 2.45) is 7.05 Å². The van der Waals surface area contributed by atoms with Crippen molar-refractivity contribution < 1.29 is 4.68 Å². The van der Waals surface area contributed by atoms with Crippen molar-refractivity contribution in [3.8, 4) is 0 Å². The zero-order valence-electron chi connectivity index (χ0n) is 9.63. The predicted octanol–water partition coefficient (Wildman–Crippen LogP) is 2.19. The first-order valence-corrected chi connectivity index (χ1v) is 4.92. The number of hydrogen-bond acceptors (Lipinski definition) is 0. The van der Waals surface area contributed by atoms with Gasteiger partial charge in [-0.25, -0.2) is 0 Å². The molecule has 2 heteroatoms. The van der Waals surface area contributed by atoms with Crippen LogP contribution in [0.3, 0.4) is 0 Å². The highest BCUT2D eigenvalue weighted by Gasteiger charge is 2.26. The minimum absolute atomic E-state index is 0.169. The molecule has 0 spiro atoms. The number of nitrogens with zero attached hydrogens (tertiary/aromatic N) is 2. The zero-order chi connectivity index (χ0) is 10.2. The van der Waals surface area contributed by atoms with Crippen LogP contribution in [0.15, 0.2) is 12.3 Å². The topological polar surface area (TPSA) is 8.81 Å². The molecule has 0 atom stereocenters. The molecule has 0 aliphatic heterocycles. The van der Waals surface area contributed by atoms with Crippen LogP contribution in [0.25, 0.3) is 0 Å². The third kappa shape index (κ3) is 1.93. The summed E-state index contributed by atoms with van der Waals surface area (Å²) in [5.41, 5.74) is 1.55. The summed E-state index contributed by atoms with van der Waals surface area (Å²) in [6.45, 7) is 11.1. The summed E-state index contributed by atoms with van der Waals surface area (Å²) in [5.74, 6) is 0.591. The van der Waals surface area contributed by atoms with Gasteiger partial charge in [0, 0.05) is 26.8 Å². The molecule has 0 fully saturated rings. The van der Waals surface area contributed by atoms with Crippen molar-refractivity contribution in [2.75, 3.05) is 0 Å². The number of hydrogen-bond donors (Lipinski definition) is 0. The monoisotopic (exact) mass is 181 g/mol. The van der Waals surface area contributed by atoms with Crippen LogP contribution in [-0.2, 0) is 12.6 Å². The third-order valence-corrected chi connectivity index (χ3v) is 2.36. The van der Waals surface area contributed by atoms with E-state index in [0.717, 1.165) is 0 Å². The fraction of sp³-hybridized carbons (Fsp3) is 0.727. The van der Waals surface area contributed by atoms with Gasteiger partial charge in [0.2, 0.25) is 0 Å². The second-order valence-corrected chi connectivity index (χ2v) is 4.93. The summed E-state index contributed by atoms with van der Waals surface area (Å²) in [6, 6.07) is 2.20. The van der Waals surface area contributed by atoms with Gasteiger partial charge in [-0.05, 0) is 5.92 Å². The highest BCUT2D eigenvalue weighted by atomic mass is 15.4. The molecule has 0 saturated carbocycles. The van der Waals surface area contributed by atoms with E-state index in [0.29, 0.717) is 5.92 Å². The Morgan fingerprint density at radius 2 is 1.85 bits per heavy atom. The van der Waals surface area contributed by atoms with Crippen molar-refractivity contribution >= 4 is 0 Å². The summed E-state index contributed by atoms with van der Waals surface area (Å²) in [5, 5.41) is 0. The molecular weight excluding hydrogens is 160 g/mol.